The van der Waals surface area contributed by atoms with Crippen LogP contribution in [0.5, 0.6) is 0 Å². The molecule has 10 heteroatoms. The van der Waals surface area contributed by atoms with E-state index in [1.165, 1.54) is 0 Å². The molecule has 3 aromatic rings. The van der Waals surface area contributed by atoms with Gasteiger partial charge in [0.1, 0.15) is 0 Å². The average Bonchev–Trinajstić information content (AvgIpc) is 3.49. The third kappa shape index (κ3) is 5.04. The van der Waals surface area contributed by atoms with Crippen LogP contribution in [0.2, 0.25) is 18.6 Å². The first-order valence-electron chi connectivity index (χ1n) is 16.8. The molecule has 0 aliphatic carbocycles. The van der Waals surface area contributed by atoms with E-state index >= 15 is 4.11 Å². The van der Waals surface area contributed by atoms with Crippen molar-refractivity contribution in [1.82, 2.24) is 4.90 Å². The highest BCUT2D eigenvalue weighted by atomic mass is 28.4. The smallest absolute Gasteiger partial charge is 0.264 e. The first kappa shape index (κ1) is 32.4. The van der Waals surface area contributed by atoms with Crippen LogP contribution in [0.3, 0.4) is 0 Å². The quantitative estimate of drug-likeness (QED) is 0.191. The first-order chi connectivity index (χ1) is 23.0. The number of para-hydroxylation sites is 1. The van der Waals surface area contributed by atoms with Gasteiger partial charge in [-0.25, -0.2) is 0 Å². The Morgan fingerprint density at radius 3 is 2.46 bits per heavy atom. The van der Waals surface area contributed by atoms with Crippen LogP contribution >= 0.6 is 0 Å². The van der Waals surface area contributed by atoms with E-state index in [2.05, 4.69) is 6.58 Å². The molecule has 0 unspecified atom stereocenters. The number of hydrogen-bond acceptors (Lipinski definition) is 5. The predicted octanol–water partition coefficient (Wildman–Crippen LogP) is 5.94. The molecule has 4 aliphatic rings. The lowest BCUT2D eigenvalue weighted by molar-refractivity contribution is -0.150. The second-order valence-electron chi connectivity index (χ2n) is 14.1. The van der Waals surface area contributed by atoms with Crippen LogP contribution in [0.25, 0.3) is 0 Å². The first-order valence-corrected chi connectivity index (χ1v) is 19.8. The maximum atomic E-state index is 16.5. The van der Waals surface area contributed by atoms with E-state index in [9.17, 15) is 19.5 Å². The summed E-state index contributed by atoms with van der Waals surface area (Å²) in [6.45, 7) is 9.35. The fraction of sp³-hybridized carbons (Fsp3) is 0.395. The molecule has 0 radical (unpaired) electrons. The van der Waals surface area contributed by atoms with E-state index in [1.54, 1.807) is 33.9 Å². The van der Waals surface area contributed by atoms with Crippen LogP contribution in [0, 0.1) is 5.92 Å². The third-order valence-corrected chi connectivity index (χ3v) is 13.3. The number of amides is 3. The number of aryl methyl sites for hydroxylation is 1. The Kier molecular flexibility index (Phi) is 8.16. The number of ether oxygens (including phenoxy) is 1. The normalized spacial score (nSPS) is 26.5. The number of fused-ring (bicyclic) bond motifs is 4. The highest BCUT2D eigenvalue weighted by Gasteiger charge is 2.67. The SMILES string of the molecule is C=CCN1C(=O)[C@]2(O[C@H](CC(=O)N3Cc4ccccc4C[C@H]3CO)[C@@H]([Si](C)(C)F)[C@@H]2C)c2cc(N3C(=O)CCc4ccccc43)ccc21. The summed E-state index contributed by atoms with van der Waals surface area (Å²) in [5.74, 6) is -1.20. The van der Waals surface area contributed by atoms with Crippen LogP contribution in [0.4, 0.5) is 21.2 Å². The van der Waals surface area contributed by atoms with Crippen molar-refractivity contribution < 1.29 is 28.3 Å². The number of carbonyl (C=O) groups excluding carboxylic acids is 3. The van der Waals surface area contributed by atoms with Crippen LogP contribution < -0.4 is 9.80 Å². The van der Waals surface area contributed by atoms with Gasteiger partial charge in [0.25, 0.3) is 5.91 Å². The molecule has 3 amide bonds. The van der Waals surface area contributed by atoms with E-state index in [-0.39, 0.29) is 37.3 Å². The molecule has 1 N–H and O–H groups in total. The molecule has 3 aromatic carbocycles. The lowest BCUT2D eigenvalue weighted by atomic mass is 9.82. The average molecular weight is 668 g/mol. The number of anilines is 3. The predicted molar refractivity (Wildman–Crippen MR) is 185 cm³/mol. The molecule has 250 valence electrons. The summed E-state index contributed by atoms with van der Waals surface area (Å²) in [5, 5.41) is 10.3. The van der Waals surface area contributed by atoms with Crippen molar-refractivity contribution in [3.05, 3.63) is 102 Å². The van der Waals surface area contributed by atoms with Crippen molar-refractivity contribution in [3.8, 4) is 0 Å². The second-order valence-corrected chi connectivity index (χ2v) is 17.9. The van der Waals surface area contributed by atoms with Gasteiger partial charge in [-0.15, -0.1) is 6.58 Å². The maximum absolute atomic E-state index is 16.5. The summed E-state index contributed by atoms with van der Waals surface area (Å²) in [4.78, 5) is 47.1. The van der Waals surface area contributed by atoms with E-state index in [1.807, 2.05) is 73.7 Å². The molecule has 5 atom stereocenters. The number of hydrogen-bond donors (Lipinski definition) is 1. The Morgan fingerprint density at radius 1 is 1.04 bits per heavy atom. The molecular weight excluding hydrogens is 626 g/mol. The van der Waals surface area contributed by atoms with Crippen LogP contribution in [-0.2, 0) is 44.1 Å². The van der Waals surface area contributed by atoms with Crippen molar-refractivity contribution in [2.45, 2.75) is 75.5 Å². The standard InChI is InChI=1S/C38H42FN3O5Si/c1-5-18-40-32-16-15-28(42-31-13-9-8-10-25(31)14-17-34(42)44)20-30(32)38(37(40)46)24(2)36(48(3,4)39)33(47-38)21-35(45)41-22-27-12-7-6-11-26(27)19-29(41)23-43/h5-13,15-16,20,24,29,33,36,43H,1,14,17-19,21-23H2,2-4H3/t24-,29-,33+,36-,38+/m0/s1. The summed E-state index contributed by atoms with van der Waals surface area (Å²) >= 11 is 0. The Hall–Kier alpha value is -4.12. The van der Waals surface area contributed by atoms with E-state index in [0.29, 0.717) is 42.7 Å². The van der Waals surface area contributed by atoms with Gasteiger partial charge in [-0.1, -0.05) is 55.5 Å². The molecule has 1 fully saturated rings. The Bertz CT molecular complexity index is 1810. The topological polar surface area (TPSA) is 90.4 Å². The summed E-state index contributed by atoms with van der Waals surface area (Å²) in [7, 11) is -3.54. The molecule has 7 rings (SSSR count). The molecule has 48 heavy (non-hydrogen) atoms. The van der Waals surface area contributed by atoms with Crippen molar-refractivity contribution in [3.63, 3.8) is 0 Å². The number of halogens is 1. The minimum absolute atomic E-state index is 0.0458. The molecule has 8 nitrogen and oxygen atoms in total. The van der Waals surface area contributed by atoms with E-state index < -0.39 is 37.6 Å². The molecule has 1 spiro atoms. The van der Waals surface area contributed by atoms with Gasteiger partial charge >= 0.3 is 0 Å². The molecule has 1 saturated heterocycles. The van der Waals surface area contributed by atoms with Crippen LogP contribution in [0.1, 0.15) is 42.0 Å². The Balaban J connectivity index is 1.29. The lowest BCUT2D eigenvalue weighted by Crippen LogP contribution is -2.48. The largest absolute Gasteiger partial charge is 0.394 e. The molecular formula is C38H42FN3O5Si. The zero-order valence-electron chi connectivity index (χ0n) is 27.7. The summed E-state index contributed by atoms with van der Waals surface area (Å²) in [6.07, 6.45) is 2.21. The van der Waals surface area contributed by atoms with Crippen molar-refractivity contribution in [2.75, 3.05) is 23.0 Å². The highest BCUT2D eigenvalue weighted by molar-refractivity contribution is 6.72. The van der Waals surface area contributed by atoms with Gasteiger partial charge in [0, 0.05) is 42.2 Å². The van der Waals surface area contributed by atoms with E-state index in [0.717, 1.165) is 22.4 Å². The second kappa shape index (κ2) is 12.1. The number of carbonyl (C=O) groups is 3. The third-order valence-electron chi connectivity index (χ3n) is 10.9. The number of nitrogens with zero attached hydrogens (tertiary/aromatic N) is 3. The zero-order valence-corrected chi connectivity index (χ0v) is 28.7. The Morgan fingerprint density at radius 2 is 1.75 bits per heavy atom. The van der Waals surface area contributed by atoms with Gasteiger partial charge < -0.3 is 23.8 Å². The van der Waals surface area contributed by atoms with Crippen LogP contribution in [-0.4, -0.2) is 61.4 Å². The molecule has 0 saturated carbocycles. The monoisotopic (exact) mass is 667 g/mol. The van der Waals surface area contributed by atoms with Gasteiger partial charge in [0.15, 0.2) is 5.60 Å². The van der Waals surface area contributed by atoms with Gasteiger partial charge in [0.2, 0.25) is 20.2 Å². The number of rotatable bonds is 7. The highest BCUT2D eigenvalue weighted by Crippen LogP contribution is 2.61. The zero-order chi connectivity index (χ0) is 34.0. The fourth-order valence-corrected chi connectivity index (χ4v) is 11.2. The maximum Gasteiger partial charge on any atom is 0.264 e. The van der Waals surface area contributed by atoms with Crippen molar-refractivity contribution in [2.24, 2.45) is 5.92 Å². The fourth-order valence-electron chi connectivity index (χ4n) is 8.73. The lowest BCUT2D eigenvalue weighted by Gasteiger charge is -2.37. The van der Waals surface area contributed by atoms with Crippen LogP contribution in [0.15, 0.2) is 79.4 Å². The molecule has 0 bridgehead atoms. The summed E-state index contributed by atoms with van der Waals surface area (Å²) < 4.78 is 23.4. The van der Waals surface area contributed by atoms with Crippen molar-refractivity contribution in [1.29, 1.82) is 0 Å². The molecule has 4 heterocycles. The van der Waals surface area contributed by atoms with Gasteiger partial charge in [-0.05, 0) is 66.9 Å². The minimum atomic E-state index is -3.54. The Labute approximate surface area is 282 Å². The number of benzene rings is 3. The van der Waals surface area contributed by atoms with Gasteiger partial charge in [-0.3, -0.25) is 19.3 Å². The van der Waals surface area contributed by atoms with Gasteiger partial charge in [-0.2, -0.15) is 0 Å². The minimum Gasteiger partial charge on any atom is -0.394 e. The molecule has 0 aromatic heterocycles. The summed E-state index contributed by atoms with van der Waals surface area (Å²) in [5.41, 5.74) is 3.57. The molecule has 4 aliphatic heterocycles. The summed E-state index contributed by atoms with van der Waals surface area (Å²) in [6, 6.07) is 20.8. The number of aliphatic hydroxyl groups is 1. The van der Waals surface area contributed by atoms with Crippen molar-refractivity contribution >= 4 is 43.2 Å². The van der Waals surface area contributed by atoms with E-state index in [4.69, 9.17) is 4.74 Å². The van der Waals surface area contributed by atoms with Gasteiger partial charge in [0.05, 0.1) is 36.5 Å². The number of aliphatic hydroxyl groups excluding tert-OH is 1.